The Balaban J connectivity index is 1.47. The zero-order valence-corrected chi connectivity index (χ0v) is 17.0. The summed E-state index contributed by atoms with van der Waals surface area (Å²) in [6.45, 7) is 6.81. The van der Waals surface area contributed by atoms with Crippen molar-refractivity contribution in [3.05, 3.63) is 42.0 Å². The van der Waals surface area contributed by atoms with Crippen molar-refractivity contribution >= 4 is 28.6 Å². The Bertz CT molecular complexity index is 1050. The summed E-state index contributed by atoms with van der Waals surface area (Å²) in [5.41, 5.74) is 3.97. The van der Waals surface area contributed by atoms with Gasteiger partial charge in [-0.2, -0.15) is 5.10 Å². The van der Waals surface area contributed by atoms with Crippen LogP contribution in [0.1, 0.15) is 18.3 Å². The molecule has 0 radical (unpaired) electrons. The van der Waals surface area contributed by atoms with E-state index in [1.165, 1.54) is 5.56 Å². The summed E-state index contributed by atoms with van der Waals surface area (Å²) in [5.74, 6) is 1.57. The Kier molecular flexibility index (Phi) is 5.20. The van der Waals surface area contributed by atoms with E-state index in [1.807, 2.05) is 37.2 Å². The molecule has 0 spiro atoms. The maximum atomic E-state index is 12.7. The fourth-order valence-electron chi connectivity index (χ4n) is 3.50. The highest BCUT2D eigenvalue weighted by Gasteiger charge is 2.27. The Morgan fingerprint density at radius 3 is 2.93 bits per heavy atom. The maximum Gasteiger partial charge on any atom is 0.246 e. The van der Waals surface area contributed by atoms with Gasteiger partial charge in [-0.1, -0.05) is 6.07 Å². The third-order valence-corrected chi connectivity index (χ3v) is 4.92. The predicted molar refractivity (Wildman–Crippen MR) is 113 cm³/mol. The number of amides is 1. The Morgan fingerprint density at radius 2 is 2.21 bits per heavy atom. The van der Waals surface area contributed by atoms with Crippen molar-refractivity contribution in [2.75, 3.05) is 31.1 Å². The molecule has 152 valence electrons. The number of nitrogens with zero attached hydrogens (tertiary/aromatic N) is 6. The average Bonchev–Trinajstić information content (AvgIpc) is 3.30. The summed E-state index contributed by atoms with van der Waals surface area (Å²) < 4.78 is 1.70. The lowest BCUT2D eigenvalue weighted by Crippen LogP contribution is -2.55. The number of benzene rings is 1. The quantitative estimate of drug-likeness (QED) is 0.516. The van der Waals surface area contributed by atoms with Gasteiger partial charge in [-0.3, -0.25) is 9.48 Å². The van der Waals surface area contributed by atoms with Crippen LogP contribution in [0.2, 0.25) is 0 Å². The van der Waals surface area contributed by atoms with Crippen LogP contribution in [0.15, 0.2) is 35.6 Å². The fraction of sp³-hybridized carbons (Fsp3) is 0.400. The van der Waals surface area contributed by atoms with E-state index in [2.05, 4.69) is 33.4 Å². The van der Waals surface area contributed by atoms with Crippen molar-refractivity contribution in [2.24, 2.45) is 12.0 Å². The van der Waals surface area contributed by atoms with E-state index in [0.29, 0.717) is 19.6 Å². The number of aryl methyl sites for hydroxylation is 2. The highest BCUT2D eigenvalue weighted by Crippen LogP contribution is 2.17. The van der Waals surface area contributed by atoms with Crippen LogP contribution < -0.4 is 10.2 Å². The zero-order valence-electron chi connectivity index (χ0n) is 17.0. The van der Waals surface area contributed by atoms with Gasteiger partial charge in [-0.15, -0.1) is 0 Å². The molecule has 0 bridgehead atoms. The van der Waals surface area contributed by atoms with E-state index in [-0.39, 0.29) is 12.5 Å². The van der Waals surface area contributed by atoms with Gasteiger partial charge >= 0.3 is 0 Å². The van der Waals surface area contributed by atoms with Gasteiger partial charge in [0.15, 0.2) is 5.96 Å². The second kappa shape index (κ2) is 7.94. The van der Waals surface area contributed by atoms with Crippen molar-refractivity contribution in [2.45, 2.75) is 20.4 Å². The molecule has 0 saturated carbocycles. The zero-order chi connectivity index (χ0) is 20.4. The van der Waals surface area contributed by atoms with Crippen LogP contribution >= 0.6 is 0 Å². The molecule has 4 rings (SSSR count). The molecule has 9 nitrogen and oxygen atoms in total. The first kappa shape index (κ1) is 19.0. The number of rotatable bonds is 4. The summed E-state index contributed by atoms with van der Waals surface area (Å²) in [5, 5.41) is 7.45. The first-order valence-electron chi connectivity index (χ1n) is 9.81. The van der Waals surface area contributed by atoms with Crippen molar-refractivity contribution in [1.29, 1.82) is 0 Å². The van der Waals surface area contributed by atoms with E-state index in [9.17, 15) is 4.79 Å². The number of hydrogen-bond acceptors (Lipinski definition) is 4. The number of hydrogen-bond donors (Lipinski definition) is 2. The molecule has 2 N–H and O–H groups in total. The number of piperazine rings is 1. The molecule has 1 saturated heterocycles. The van der Waals surface area contributed by atoms with Gasteiger partial charge in [-0.05, 0) is 31.5 Å². The molecule has 1 fully saturated rings. The lowest BCUT2D eigenvalue weighted by atomic mass is 10.2. The predicted octanol–water partition coefficient (Wildman–Crippen LogP) is 1.42. The monoisotopic (exact) mass is 394 g/mol. The minimum absolute atomic E-state index is 0.0362. The van der Waals surface area contributed by atoms with Gasteiger partial charge in [-0.25, -0.2) is 9.98 Å². The third kappa shape index (κ3) is 4.08. The minimum Gasteiger partial charge on any atom is -0.356 e. The number of fused-ring (bicyclic) bond motifs is 1. The van der Waals surface area contributed by atoms with Crippen LogP contribution in [-0.4, -0.2) is 62.7 Å². The number of guanidine groups is 1. The van der Waals surface area contributed by atoms with Gasteiger partial charge in [0.2, 0.25) is 5.91 Å². The second-order valence-electron chi connectivity index (χ2n) is 7.21. The molecule has 1 amide bonds. The van der Waals surface area contributed by atoms with Gasteiger partial charge in [0.1, 0.15) is 18.9 Å². The van der Waals surface area contributed by atoms with E-state index in [4.69, 9.17) is 4.99 Å². The van der Waals surface area contributed by atoms with Crippen molar-refractivity contribution in [3.8, 4) is 0 Å². The molecule has 29 heavy (non-hydrogen) atoms. The molecule has 0 atom stereocenters. The van der Waals surface area contributed by atoms with Crippen LogP contribution in [0.3, 0.4) is 0 Å². The number of aliphatic imine (C=N–C) groups is 1. The number of imidazole rings is 1. The minimum atomic E-state index is 0.0362. The summed E-state index contributed by atoms with van der Waals surface area (Å²) >= 11 is 0. The van der Waals surface area contributed by atoms with Crippen molar-refractivity contribution < 1.29 is 4.79 Å². The van der Waals surface area contributed by atoms with E-state index < -0.39 is 0 Å². The number of nitrogens with one attached hydrogen (secondary N) is 2. The fourth-order valence-corrected chi connectivity index (χ4v) is 3.50. The molecule has 9 heteroatoms. The second-order valence-corrected chi connectivity index (χ2v) is 7.21. The molecule has 3 aromatic rings. The number of aromatic nitrogens is 4. The molecule has 0 unspecified atom stereocenters. The lowest BCUT2D eigenvalue weighted by Gasteiger charge is -2.35. The SMILES string of the molecule is CCNC(=NCc1nc2ccc(C)cc2[nH]1)N1CCN(c2cnn(C)c2)C(=O)C1. The summed E-state index contributed by atoms with van der Waals surface area (Å²) in [7, 11) is 1.85. The normalized spacial score (nSPS) is 15.4. The van der Waals surface area contributed by atoms with E-state index in [1.54, 1.807) is 15.8 Å². The van der Waals surface area contributed by atoms with E-state index >= 15 is 0 Å². The van der Waals surface area contributed by atoms with Crippen LogP contribution in [0.5, 0.6) is 0 Å². The molecule has 1 aliphatic heterocycles. The molecule has 1 aliphatic rings. The summed E-state index contributed by atoms with van der Waals surface area (Å²) in [4.78, 5) is 29.1. The standard InChI is InChI=1S/C20H26N8O/c1-4-21-20(22-11-18-24-16-6-5-14(2)9-17(16)25-18)27-7-8-28(19(29)13-27)15-10-23-26(3)12-15/h5-6,9-10,12H,4,7-8,11,13H2,1-3H3,(H,21,22)(H,24,25). The van der Waals surface area contributed by atoms with Crippen LogP contribution in [-0.2, 0) is 18.4 Å². The van der Waals surface area contributed by atoms with Gasteiger partial charge in [0.05, 0.1) is 22.9 Å². The number of carbonyl (C=O) groups excluding carboxylic acids is 1. The Morgan fingerprint density at radius 1 is 1.34 bits per heavy atom. The topological polar surface area (TPSA) is 94.4 Å². The molecule has 3 heterocycles. The van der Waals surface area contributed by atoms with Crippen molar-refractivity contribution in [3.63, 3.8) is 0 Å². The van der Waals surface area contributed by atoms with Gasteiger partial charge < -0.3 is 20.1 Å². The number of H-pyrrole nitrogens is 1. The largest absolute Gasteiger partial charge is 0.356 e. The van der Waals surface area contributed by atoms with Crippen LogP contribution in [0, 0.1) is 6.92 Å². The Labute approximate surface area is 169 Å². The smallest absolute Gasteiger partial charge is 0.246 e. The third-order valence-electron chi connectivity index (χ3n) is 4.92. The number of anilines is 1. The molecule has 1 aromatic carbocycles. The van der Waals surface area contributed by atoms with Crippen LogP contribution in [0.25, 0.3) is 11.0 Å². The number of carbonyl (C=O) groups is 1. The molecular formula is C20H26N8O. The van der Waals surface area contributed by atoms with Gasteiger partial charge in [0.25, 0.3) is 0 Å². The first-order valence-corrected chi connectivity index (χ1v) is 9.81. The average molecular weight is 394 g/mol. The molecular weight excluding hydrogens is 368 g/mol. The maximum absolute atomic E-state index is 12.7. The van der Waals surface area contributed by atoms with Crippen molar-refractivity contribution in [1.82, 2.24) is 30.0 Å². The van der Waals surface area contributed by atoms with Gasteiger partial charge in [0, 0.05) is 32.9 Å². The number of aromatic amines is 1. The lowest BCUT2D eigenvalue weighted by molar-refractivity contribution is -0.120. The summed E-state index contributed by atoms with van der Waals surface area (Å²) in [6.07, 6.45) is 3.58. The highest BCUT2D eigenvalue weighted by molar-refractivity contribution is 5.98. The molecule has 2 aromatic heterocycles. The highest BCUT2D eigenvalue weighted by atomic mass is 16.2. The summed E-state index contributed by atoms with van der Waals surface area (Å²) in [6, 6.07) is 6.14. The first-order chi connectivity index (χ1) is 14.0. The molecule has 0 aliphatic carbocycles. The van der Waals surface area contributed by atoms with Crippen LogP contribution in [0.4, 0.5) is 5.69 Å². The Hall–Kier alpha value is -3.36. The van der Waals surface area contributed by atoms with E-state index in [0.717, 1.165) is 35.0 Å².